The van der Waals surface area contributed by atoms with Crippen molar-refractivity contribution >= 4 is 46.2 Å². The predicted molar refractivity (Wildman–Crippen MR) is 228 cm³/mol. The van der Waals surface area contributed by atoms with Gasteiger partial charge in [-0.3, -0.25) is 14.6 Å². The number of benzene rings is 3. The Balaban J connectivity index is 1.01. The van der Waals surface area contributed by atoms with Crippen LogP contribution in [0.1, 0.15) is 77.4 Å². The number of methoxy groups -OCH3 is 2. The molecule has 4 aliphatic heterocycles. The van der Waals surface area contributed by atoms with Crippen LogP contribution in [0.15, 0.2) is 53.7 Å². The maximum Gasteiger partial charge on any atom is 0.407 e. The van der Waals surface area contributed by atoms with Gasteiger partial charge in [-0.1, -0.05) is 59.7 Å². The fourth-order valence-corrected chi connectivity index (χ4v) is 9.45. The standard InChI is InChI=1S/C46H55N7O7/c1-23(2)40(50-45(56)58-7)43(54)52-20-25(5)13-37(52)35-17-32-31-18-39-33(16-27(31)10-12-34(32)48-35)30-11-9-28(15-29(30)22-60-39)36-19-47-42(49-36)38-14-26(6)21-53(38)44(55)41(24(3)4)51-46(57)59-8/h9-12,15-16,18-19,23-26,37-38,40-41H,13-14,17,20-22H2,1-8H3,(H,47,49)(H,50,56)(H,51,57)/t25-,26-,37-,38-,40-,41-/m0/s1. The number of aromatic amines is 1. The molecule has 4 aliphatic rings. The fourth-order valence-electron chi connectivity index (χ4n) is 9.45. The summed E-state index contributed by atoms with van der Waals surface area (Å²) in [5.41, 5.74) is 8.00. The van der Waals surface area contributed by atoms with E-state index in [1.807, 2.05) is 43.7 Å². The van der Waals surface area contributed by atoms with Crippen molar-refractivity contribution in [3.8, 4) is 28.1 Å². The first-order valence-electron chi connectivity index (χ1n) is 21.0. The molecule has 5 heterocycles. The summed E-state index contributed by atoms with van der Waals surface area (Å²) in [4.78, 5) is 69.1. The Morgan fingerprint density at radius 1 is 0.817 bits per heavy atom. The number of aromatic nitrogens is 2. The number of carbonyl (C=O) groups is 4. The van der Waals surface area contributed by atoms with E-state index in [9.17, 15) is 19.2 Å². The molecule has 0 unspecified atom stereocenters. The molecule has 3 aromatic carbocycles. The van der Waals surface area contributed by atoms with E-state index in [0.717, 1.165) is 74.3 Å². The largest absolute Gasteiger partial charge is 0.488 e. The zero-order chi connectivity index (χ0) is 42.6. The maximum absolute atomic E-state index is 13.9. The molecule has 316 valence electrons. The summed E-state index contributed by atoms with van der Waals surface area (Å²) in [6, 6.07) is 13.1. The molecule has 0 bridgehead atoms. The van der Waals surface area contributed by atoms with Crippen molar-refractivity contribution in [2.24, 2.45) is 28.7 Å². The average molecular weight is 818 g/mol. The van der Waals surface area contributed by atoms with Crippen LogP contribution in [0.4, 0.5) is 15.3 Å². The van der Waals surface area contributed by atoms with Crippen LogP contribution in [0.3, 0.4) is 0 Å². The minimum absolute atomic E-state index is 0.112. The topological polar surface area (TPSA) is 168 Å². The van der Waals surface area contributed by atoms with Gasteiger partial charge >= 0.3 is 12.2 Å². The molecule has 0 saturated carbocycles. The quantitative estimate of drug-likeness (QED) is 0.158. The minimum Gasteiger partial charge on any atom is -0.488 e. The number of nitrogens with zero attached hydrogens (tertiary/aromatic N) is 4. The van der Waals surface area contributed by atoms with E-state index in [1.165, 1.54) is 14.2 Å². The van der Waals surface area contributed by atoms with Crippen molar-refractivity contribution in [2.75, 3.05) is 27.3 Å². The average Bonchev–Trinajstić information content (AvgIpc) is 4.05. The Morgan fingerprint density at radius 2 is 1.45 bits per heavy atom. The van der Waals surface area contributed by atoms with E-state index < -0.39 is 24.3 Å². The summed E-state index contributed by atoms with van der Waals surface area (Å²) in [7, 11) is 2.60. The number of nitrogens with one attached hydrogen (secondary N) is 3. The number of aliphatic imine (C=N–C) groups is 1. The third kappa shape index (κ3) is 7.56. The molecule has 14 heteroatoms. The van der Waals surface area contributed by atoms with E-state index in [1.54, 1.807) is 0 Å². The molecule has 1 aromatic heterocycles. The van der Waals surface area contributed by atoms with Gasteiger partial charge in [0.2, 0.25) is 11.8 Å². The molecule has 0 radical (unpaired) electrons. The van der Waals surface area contributed by atoms with E-state index in [2.05, 4.69) is 71.9 Å². The van der Waals surface area contributed by atoms with Gasteiger partial charge in [-0.15, -0.1) is 0 Å². The molecule has 4 amide bonds. The molecule has 8 rings (SSSR count). The number of H-pyrrole nitrogens is 1. The zero-order valence-electron chi connectivity index (χ0n) is 35.6. The summed E-state index contributed by atoms with van der Waals surface area (Å²) in [6.45, 7) is 13.5. The summed E-state index contributed by atoms with van der Waals surface area (Å²) in [6.07, 6.45) is 2.77. The molecule has 2 fully saturated rings. The molecule has 0 aliphatic carbocycles. The number of amides is 4. The maximum atomic E-state index is 13.9. The van der Waals surface area contributed by atoms with Gasteiger partial charge in [0.25, 0.3) is 0 Å². The highest BCUT2D eigenvalue weighted by molar-refractivity contribution is 6.06. The normalized spacial score (nSPS) is 21.5. The van der Waals surface area contributed by atoms with Crippen molar-refractivity contribution in [1.82, 2.24) is 30.4 Å². The van der Waals surface area contributed by atoms with Crippen LogP contribution in [-0.4, -0.2) is 94.9 Å². The Bertz CT molecular complexity index is 2390. The van der Waals surface area contributed by atoms with Crippen molar-refractivity contribution < 1.29 is 33.4 Å². The first kappa shape index (κ1) is 40.8. The number of likely N-dealkylation sites (tertiary alicyclic amines) is 2. The van der Waals surface area contributed by atoms with Crippen LogP contribution in [-0.2, 0) is 32.1 Å². The highest BCUT2D eigenvalue weighted by Gasteiger charge is 2.42. The van der Waals surface area contributed by atoms with Gasteiger partial charge in [-0.25, -0.2) is 14.6 Å². The molecule has 60 heavy (non-hydrogen) atoms. The molecule has 6 atom stereocenters. The number of rotatable bonds is 9. The summed E-state index contributed by atoms with van der Waals surface area (Å²) >= 11 is 0. The van der Waals surface area contributed by atoms with Crippen LogP contribution in [0.5, 0.6) is 5.75 Å². The van der Waals surface area contributed by atoms with Crippen LogP contribution < -0.4 is 15.4 Å². The predicted octanol–water partition coefficient (Wildman–Crippen LogP) is 7.33. The Labute approximate surface area is 350 Å². The number of hydrogen-bond acceptors (Lipinski definition) is 9. The third-order valence-electron chi connectivity index (χ3n) is 12.6. The lowest BCUT2D eigenvalue weighted by Crippen LogP contribution is -2.53. The zero-order valence-corrected chi connectivity index (χ0v) is 35.6. The lowest BCUT2D eigenvalue weighted by molar-refractivity contribution is -0.136. The van der Waals surface area contributed by atoms with Gasteiger partial charge in [-0.2, -0.15) is 0 Å². The molecule has 4 aromatic rings. The Hall–Kier alpha value is -5.92. The summed E-state index contributed by atoms with van der Waals surface area (Å²) in [5, 5.41) is 7.65. The van der Waals surface area contributed by atoms with Gasteiger partial charge in [-0.05, 0) is 93.8 Å². The smallest absolute Gasteiger partial charge is 0.407 e. The second-order valence-corrected chi connectivity index (χ2v) is 17.7. The number of fused-ring (bicyclic) bond motifs is 6. The Morgan fingerprint density at radius 3 is 2.08 bits per heavy atom. The highest BCUT2D eigenvalue weighted by atomic mass is 16.5. The van der Waals surface area contributed by atoms with Crippen LogP contribution in [0, 0.1) is 23.7 Å². The monoisotopic (exact) mass is 817 g/mol. The van der Waals surface area contributed by atoms with Crippen molar-refractivity contribution in [3.05, 3.63) is 65.6 Å². The number of carbonyl (C=O) groups excluding carboxylic acids is 4. The van der Waals surface area contributed by atoms with Gasteiger partial charge in [0, 0.05) is 30.8 Å². The van der Waals surface area contributed by atoms with Crippen LogP contribution in [0.2, 0.25) is 0 Å². The number of alkyl carbamates (subject to hydrolysis) is 2. The third-order valence-corrected chi connectivity index (χ3v) is 12.6. The first-order valence-corrected chi connectivity index (χ1v) is 21.0. The lowest BCUT2D eigenvalue weighted by Gasteiger charge is -2.31. The van der Waals surface area contributed by atoms with Crippen molar-refractivity contribution in [1.29, 1.82) is 0 Å². The molecule has 3 N–H and O–H groups in total. The van der Waals surface area contributed by atoms with E-state index in [4.69, 9.17) is 24.2 Å². The SMILES string of the molecule is COC(=O)N[C@H](C(=O)N1C[C@@H](C)C[C@H]1C1=Nc2ccc3cc4c(cc3c2C1)OCc1cc(-c2cnc([C@@H]3C[C@H](C)CN3C(=O)[C@@H](NC(=O)OC)C(C)C)[nH]2)ccc1-4)C(C)C. The molecular formula is C46H55N7O7. The van der Waals surface area contributed by atoms with Gasteiger partial charge < -0.3 is 39.6 Å². The Kier molecular flexibility index (Phi) is 11.1. The molecule has 0 spiro atoms. The first-order chi connectivity index (χ1) is 28.7. The van der Waals surface area contributed by atoms with E-state index in [0.29, 0.717) is 37.9 Å². The molecule has 14 nitrogen and oxygen atoms in total. The molecular weight excluding hydrogens is 763 g/mol. The summed E-state index contributed by atoms with van der Waals surface area (Å²) in [5.74, 6) is 1.60. The van der Waals surface area contributed by atoms with Crippen LogP contribution >= 0.6 is 0 Å². The number of ether oxygens (including phenoxy) is 3. The van der Waals surface area contributed by atoms with Crippen molar-refractivity contribution in [2.45, 2.75) is 91.6 Å². The van der Waals surface area contributed by atoms with Gasteiger partial charge in [0.15, 0.2) is 0 Å². The number of imidazole rings is 1. The lowest BCUT2D eigenvalue weighted by atomic mass is 9.90. The second-order valence-electron chi connectivity index (χ2n) is 17.7. The summed E-state index contributed by atoms with van der Waals surface area (Å²) < 4.78 is 16.1. The van der Waals surface area contributed by atoms with E-state index >= 15 is 0 Å². The second kappa shape index (κ2) is 16.3. The molecule has 2 saturated heterocycles. The van der Waals surface area contributed by atoms with Gasteiger partial charge in [0.05, 0.1) is 43.9 Å². The van der Waals surface area contributed by atoms with Gasteiger partial charge in [0.1, 0.15) is 30.3 Å². The highest BCUT2D eigenvalue weighted by Crippen LogP contribution is 2.45. The van der Waals surface area contributed by atoms with Crippen molar-refractivity contribution in [3.63, 3.8) is 0 Å². The minimum atomic E-state index is -0.710. The van der Waals surface area contributed by atoms with Crippen LogP contribution in [0.25, 0.3) is 33.2 Å². The van der Waals surface area contributed by atoms with E-state index in [-0.39, 0.29) is 41.7 Å². The fraction of sp³-hybridized carbons (Fsp3) is 0.478. The number of hydrogen-bond donors (Lipinski definition) is 3.